The summed E-state index contributed by atoms with van der Waals surface area (Å²) >= 11 is 6.03. The van der Waals surface area contributed by atoms with Crippen molar-refractivity contribution in [3.63, 3.8) is 0 Å². The fourth-order valence-electron chi connectivity index (χ4n) is 4.76. The third-order valence-electron chi connectivity index (χ3n) is 6.65. The van der Waals surface area contributed by atoms with Crippen LogP contribution in [0.2, 0.25) is 5.02 Å². The summed E-state index contributed by atoms with van der Waals surface area (Å²) in [6, 6.07) is 13.5. The molecule has 1 saturated carbocycles. The van der Waals surface area contributed by atoms with Crippen LogP contribution in [0.4, 0.5) is 0 Å². The number of carbonyl (C=O) groups excluding carboxylic acids is 3. The van der Waals surface area contributed by atoms with Crippen LogP contribution in [0.15, 0.2) is 48.5 Å². The molecule has 2 N–H and O–H groups in total. The Morgan fingerprint density at radius 1 is 0.912 bits per heavy atom. The smallest absolute Gasteiger partial charge is 0.254 e. The van der Waals surface area contributed by atoms with Crippen molar-refractivity contribution >= 4 is 29.3 Å². The molecule has 2 aliphatic rings. The summed E-state index contributed by atoms with van der Waals surface area (Å²) in [5, 5.41) is 6.73. The predicted octanol–water partition coefficient (Wildman–Crippen LogP) is 3.81. The fourth-order valence-corrected chi connectivity index (χ4v) is 4.95. The van der Waals surface area contributed by atoms with Crippen LogP contribution < -0.4 is 15.4 Å². The topological polar surface area (TPSA) is 87.7 Å². The van der Waals surface area contributed by atoms with Crippen molar-refractivity contribution in [1.82, 2.24) is 15.5 Å². The van der Waals surface area contributed by atoms with Crippen LogP contribution in [0.1, 0.15) is 59.2 Å². The summed E-state index contributed by atoms with van der Waals surface area (Å²) in [4.78, 5) is 40.1. The van der Waals surface area contributed by atoms with Gasteiger partial charge in [0, 0.05) is 34.8 Å². The zero-order valence-corrected chi connectivity index (χ0v) is 20.0. The summed E-state index contributed by atoms with van der Waals surface area (Å²) in [7, 11) is 1.59. The summed E-state index contributed by atoms with van der Waals surface area (Å²) in [5.74, 6) is 0.350. The Hall–Kier alpha value is -3.06. The molecule has 0 unspecified atom stereocenters. The van der Waals surface area contributed by atoms with Gasteiger partial charge < -0.3 is 20.3 Å². The van der Waals surface area contributed by atoms with Gasteiger partial charge in [-0.15, -0.1) is 0 Å². The van der Waals surface area contributed by atoms with Gasteiger partial charge in [-0.2, -0.15) is 0 Å². The van der Waals surface area contributed by atoms with Gasteiger partial charge >= 0.3 is 0 Å². The molecule has 2 aromatic rings. The second-order valence-electron chi connectivity index (χ2n) is 8.93. The lowest BCUT2D eigenvalue weighted by Gasteiger charge is -2.31. The van der Waals surface area contributed by atoms with E-state index >= 15 is 0 Å². The van der Waals surface area contributed by atoms with Crippen LogP contribution >= 0.6 is 11.6 Å². The van der Waals surface area contributed by atoms with E-state index < -0.39 is 6.04 Å². The van der Waals surface area contributed by atoms with Crippen molar-refractivity contribution in [3.05, 3.63) is 64.7 Å². The van der Waals surface area contributed by atoms with E-state index in [9.17, 15) is 14.4 Å². The number of methoxy groups -OCH3 is 1. The molecule has 1 heterocycles. The first-order valence-corrected chi connectivity index (χ1v) is 12.1. The highest BCUT2D eigenvalue weighted by Gasteiger charge is 2.36. The molecule has 0 aromatic heterocycles. The Labute approximate surface area is 204 Å². The molecular weight excluding hydrogens is 454 g/mol. The molecule has 34 heavy (non-hydrogen) atoms. The van der Waals surface area contributed by atoms with E-state index in [1.54, 1.807) is 60.5 Å². The Bertz CT molecular complexity index is 1030. The number of nitrogens with zero attached hydrogens (tertiary/aromatic N) is 1. The lowest BCUT2D eigenvalue weighted by atomic mass is 9.90. The molecule has 8 heteroatoms. The molecule has 180 valence electrons. The van der Waals surface area contributed by atoms with Crippen molar-refractivity contribution in [2.75, 3.05) is 13.7 Å². The maximum Gasteiger partial charge on any atom is 0.254 e. The van der Waals surface area contributed by atoms with Crippen molar-refractivity contribution in [3.8, 4) is 5.75 Å². The molecule has 0 radical (unpaired) electrons. The quantitative estimate of drug-likeness (QED) is 0.654. The van der Waals surface area contributed by atoms with E-state index in [0.29, 0.717) is 34.9 Å². The molecule has 1 aliphatic heterocycles. The van der Waals surface area contributed by atoms with Gasteiger partial charge in [-0.1, -0.05) is 17.7 Å². The fraction of sp³-hybridized carbons (Fsp3) is 0.423. The monoisotopic (exact) mass is 483 g/mol. The number of halogens is 1. The van der Waals surface area contributed by atoms with Gasteiger partial charge in [0.15, 0.2) is 0 Å². The average molecular weight is 484 g/mol. The van der Waals surface area contributed by atoms with Crippen molar-refractivity contribution in [1.29, 1.82) is 0 Å². The first-order valence-electron chi connectivity index (χ1n) is 11.8. The lowest BCUT2D eigenvalue weighted by Crippen LogP contribution is -2.50. The molecule has 7 nitrogen and oxygen atoms in total. The van der Waals surface area contributed by atoms with Crippen LogP contribution in [0.3, 0.4) is 0 Å². The SMILES string of the molecule is COc1ccc(C(=O)NC2CCC(NC(=O)[C@H]3CCCN3C(=O)c3cccc(Cl)c3)CC2)cc1. The Morgan fingerprint density at radius 3 is 2.24 bits per heavy atom. The standard InChI is InChI=1S/C26H30ClN3O4/c1-34-22-13-7-17(8-14-22)24(31)28-20-9-11-21(12-10-20)29-25(32)23-6-3-15-30(23)26(33)18-4-2-5-19(27)16-18/h2,4-5,7-8,13-14,16,20-21,23H,3,6,9-12,15H2,1H3,(H,28,31)(H,29,32)/t20?,21?,23-/m1/s1. The number of benzene rings is 2. The van der Waals surface area contributed by atoms with Crippen LogP contribution in [0.25, 0.3) is 0 Å². The van der Waals surface area contributed by atoms with E-state index in [0.717, 1.165) is 32.1 Å². The summed E-state index contributed by atoms with van der Waals surface area (Å²) < 4.78 is 5.13. The molecule has 0 bridgehead atoms. The lowest BCUT2D eigenvalue weighted by molar-refractivity contribution is -0.125. The number of carbonyl (C=O) groups is 3. The Balaban J connectivity index is 1.26. The highest BCUT2D eigenvalue weighted by molar-refractivity contribution is 6.31. The van der Waals surface area contributed by atoms with Gasteiger partial charge in [0.1, 0.15) is 11.8 Å². The predicted molar refractivity (Wildman–Crippen MR) is 130 cm³/mol. The van der Waals surface area contributed by atoms with Gasteiger partial charge in [-0.3, -0.25) is 14.4 Å². The van der Waals surface area contributed by atoms with Crippen LogP contribution in [-0.2, 0) is 4.79 Å². The third kappa shape index (κ3) is 5.70. The van der Waals surface area contributed by atoms with E-state index in [2.05, 4.69) is 10.6 Å². The zero-order chi connectivity index (χ0) is 24.1. The minimum Gasteiger partial charge on any atom is -0.497 e. The number of likely N-dealkylation sites (tertiary alicyclic amines) is 1. The molecule has 2 aromatic carbocycles. The van der Waals surface area contributed by atoms with E-state index in [4.69, 9.17) is 16.3 Å². The molecule has 0 spiro atoms. The van der Waals surface area contributed by atoms with Crippen LogP contribution in [0.5, 0.6) is 5.75 Å². The summed E-state index contributed by atoms with van der Waals surface area (Å²) in [5.41, 5.74) is 1.10. The van der Waals surface area contributed by atoms with E-state index in [1.807, 2.05) is 0 Å². The summed E-state index contributed by atoms with van der Waals surface area (Å²) in [6.07, 6.45) is 4.62. The first kappa shape index (κ1) is 24.1. The third-order valence-corrected chi connectivity index (χ3v) is 6.88. The number of hydrogen-bond donors (Lipinski definition) is 2. The molecular formula is C26H30ClN3O4. The molecule has 3 amide bonds. The first-order chi connectivity index (χ1) is 16.4. The minimum absolute atomic E-state index is 0.0466. The minimum atomic E-state index is -0.459. The van der Waals surface area contributed by atoms with Gasteiger partial charge in [0.2, 0.25) is 5.91 Å². The molecule has 2 fully saturated rings. The van der Waals surface area contributed by atoms with Crippen LogP contribution in [-0.4, -0.2) is 54.4 Å². The van der Waals surface area contributed by atoms with Crippen molar-refractivity contribution in [2.24, 2.45) is 0 Å². The molecule has 1 atom stereocenters. The number of amides is 3. The van der Waals surface area contributed by atoms with Gasteiger partial charge in [0.05, 0.1) is 7.11 Å². The van der Waals surface area contributed by atoms with Crippen LogP contribution in [0, 0.1) is 0 Å². The average Bonchev–Trinajstić information content (AvgIpc) is 3.35. The van der Waals surface area contributed by atoms with Gasteiger partial charge in [-0.05, 0) is 81.0 Å². The number of ether oxygens (including phenoxy) is 1. The normalized spacial score (nSPS) is 22.2. The van der Waals surface area contributed by atoms with Crippen molar-refractivity contribution in [2.45, 2.75) is 56.7 Å². The molecule has 1 saturated heterocycles. The number of hydrogen-bond acceptors (Lipinski definition) is 4. The van der Waals surface area contributed by atoms with E-state index in [-0.39, 0.29) is 29.8 Å². The summed E-state index contributed by atoms with van der Waals surface area (Å²) in [6.45, 7) is 0.563. The molecule has 1 aliphatic carbocycles. The van der Waals surface area contributed by atoms with Gasteiger partial charge in [-0.25, -0.2) is 0 Å². The Kier molecular flexibility index (Phi) is 7.73. The zero-order valence-electron chi connectivity index (χ0n) is 19.3. The second-order valence-corrected chi connectivity index (χ2v) is 9.36. The number of rotatable bonds is 6. The maximum atomic E-state index is 13.0. The largest absolute Gasteiger partial charge is 0.497 e. The van der Waals surface area contributed by atoms with Crippen molar-refractivity contribution < 1.29 is 19.1 Å². The highest BCUT2D eigenvalue weighted by Crippen LogP contribution is 2.24. The second kappa shape index (κ2) is 10.9. The number of nitrogens with one attached hydrogen (secondary N) is 2. The Morgan fingerprint density at radius 2 is 1.59 bits per heavy atom. The molecule has 4 rings (SSSR count). The van der Waals surface area contributed by atoms with E-state index in [1.165, 1.54) is 0 Å². The van der Waals surface area contributed by atoms with Gasteiger partial charge in [0.25, 0.3) is 11.8 Å². The maximum absolute atomic E-state index is 13.0. The highest BCUT2D eigenvalue weighted by atomic mass is 35.5.